The Bertz CT molecular complexity index is 374. The Morgan fingerprint density at radius 1 is 1.30 bits per heavy atom. The molecule has 2 fully saturated rings. The van der Waals surface area contributed by atoms with Gasteiger partial charge in [-0.3, -0.25) is 14.8 Å². The van der Waals surface area contributed by atoms with Gasteiger partial charge in [-0.15, -0.1) is 24.0 Å². The zero-order valence-corrected chi connectivity index (χ0v) is 17.8. The Labute approximate surface area is 159 Å². The summed E-state index contributed by atoms with van der Waals surface area (Å²) >= 11 is 0. The number of hydrogen-bond acceptors (Lipinski definition) is 3. The van der Waals surface area contributed by atoms with Gasteiger partial charge in [0, 0.05) is 44.8 Å². The first kappa shape index (κ1) is 21.0. The second kappa shape index (κ2) is 10.0. The smallest absolute Gasteiger partial charge is 0.191 e. The molecule has 0 amide bonds. The SMILES string of the molecule is CCN1CCCC1CNC(=NC)NC1CN(C(C)C)CC1C.I. The van der Waals surface area contributed by atoms with Gasteiger partial charge in [-0.25, -0.2) is 0 Å². The summed E-state index contributed by atoms with van der Waals surface area (Å²) in [6, 6.07) is 1.79. The molecule has 2 aliphatic heterocycles. The minimum Gasteiger partial charge on any atom is -0.355 e. The van der Waals surface area contributed by atoms with Crippen LogP contribution >= 0.6 is 24.0 Å². The van der Waals surface area contributed by atoms with Gasteiger partial charge in [0.25, 0.3) is 0 Å². The number of halogens is 1. The van der Waals surface area contributed by atoms with Gasteiger partial charge in [0.1, 0.15) is 0 Å². The molecule has 2 rings (SSSR count). The quantitative estimate of drug-likeness (QED) is 0.392. The molecule has 0 aromatic rings. The molecule has 6 heteroatoms. The third-order valence-electron chi connectivity index (χ3n) is 5.33. The Balaban J connectivity index is 0.00000264. The summed E-state index contributed by atoms with van der Waals surface area (Å²) < 4.78 is 0. The van der Waals surface area contributed by atoms with E-state index < -0.39 is 0 Å². The van der Waals surface area contributed by atoms with Crippen LogP contribution in [0.5, 0.6) is 0 Å². The molecule has 0 aliphatic carbocycles. The van der Waals surface area contributed by atoms with E-state index in [4.69, 9.17) is 0 Å². The van der Waals surface area contributed by atoms with E-state index in [2.05, 4.69) is 53.1 Å². The van der Waals surface area contributed by atoms with E-state index in [0.717, 1.165) is 25.6 Å². The fourth-order valence-corrected chi connectivity index (χ4v) is 3.74. The Kier molecular flexibility index (Phi) is 9.15. The van der Waals surface area contributed by atoms with Crippen LogP contribution in [0.1, 0.15) is 40.5 Å². The van der Waals surface area contributed by atoms with Crippen LogP contribution in [0.25, 0.3) is 0 Å². The van der Waals surface area contributed by atoms with Crippen molar-refractivity contribution >= 4 is 29.9 Å². The first-order valence-electron chi connectivity index (χ1n) is 9.00. The summed E-state index contributed by atoms with van der Waals surface area (Å²) in [7, 11) is 1.88. The standard InChI is InChI=1S/C17H35N5.HI/c1-6-21-9-7-8-15(21)10-19-17(18-5)20-16-12-22(13(2)3)11-14(16)4;/h13-16H,6-12H2,1-5H3,(H2,18,19,20);1H. The minimum atomic E-state index is 0. The van der Waals surface area contributed by atoms with Crippen molar-refractivity contribution in [1.29, 1.82) is 0 Å². The van der Waals surface area contributed by atoms with Gasteiger partial charge in [-0.05, 0) is 45.7 Å². The molecule has 0 bridgehead atoms. The highest BCUT2D eigenvalue weighted by molar-refractivity contribution is 14.0. The van der Waals surface area contributed by atoms with Crippen LogP contribution in [0.15, 0.2) is 4.99 Å². The molecule has 2 heterocycles. The van der Waals surface area contributed by atoms with Gasteiger partial charge in [-0.2, -0.15) is 0 Å². The van der Waals surface area contributed by atoms with E-state index in [-0.39, 0.29) is 24.0 Å². The number of likely N-dealkylation sites (N-methyl/N-ethyl adjacent to an activating group) is 1. The fourth-order valence-electron chi connectivity index (χ4n) is 3.74. The predicted octanol–water partition coefficient (Wildman–Crippen LogP) is 1.98. The summed E-state index contributed by atoms with van der Waals surface area (Å²) in [6.45, 7) is 14.9. The van der Waals surface area contributed by atoms with E-state index in [0.29, 0.717) is 24.0 Å². The first-order valence-corrected chi connectivity index (χ1v) is 9.00. The maximum absolute atomic E-state index is 4.43. The molecule has 2 aliphatic rings. The molecule has 2 saturated heterocycles. The van der Waals surface area contributed by atoms with Gasteiger partial charge in [0.2, 0.25) is 0 Å². The van der Waals surface area contributed by atoms with E-state index in [1.807, 2.05) is 7.05 Å². The van der Waals surface area contributed by atoms with Crippen molar-refractivity contribution in [2.45, 2.75) is 58.7 Å². The van der Waals surface area contributed by atoms with Crippen LogP contribution in [0, 0.1) is 5.92 Å². The van der Waals surface area contributed by atoms with Crippen molar-refractivity contribution in [3.05, 3.63) is 0 Å². The van der Waals surface area contributed by atoms with E-state index in [1.165, 1.54) is 25.9 Å². The Morgan fingerprint density at radius 2 is 2.04 bits per heavy atom. The molecule has 136 valence electrons. The third-order valence-corrected chi connectivity index (χ3v) is 5.33. The Hall–Kier alpha value is -0.0800. The number of guanidine groups is 1. The molecular weight excluding hydrogens is 401 g/mol. The molecule has 3 atom stereocenters. The monoisotopic (exact) mass is 437 g/mol. The summed E-state index contributed by atoms with van der Waals surface area (Å²) in [5.74, 6) is 1.63. The maximum Gasteiger partial charge on any atom is 0.191 e. The molecule has 0 aromatic heterocycles. The third kappa shape index (κ3) is 5.74. The Morgan fingerprint density at radius 3 is 2.61 bits per heavy atom. The molecule has 0 spiro atoms. The van der Waals surface area contributed by atoms with Crippen molar-refractivity contribution < 1.29 is 0 Å². The lowest BCUT2D eigenvalue weighted by Crippen LogP contribution is -2.49. The molecule has 0 saturated carbocycles. The average molecular weight is 437 g/mol. The van der Waals surface area contributed by atoms with Crippen LogP contribution in [-0.4, -0.2) is 73.7 Å². The van der Waals surface area contributed by atoms with Gasteiger partial charge < -0.3 is 10.6 Å². The summed E-state index contributed by atoms with van der Waals surface area (Å²) in [5, 5.41) is 7.18. The van der Waals surface area contributed by atoms with Gasteiger partial charge in [0.15, 0.2) is 5.96 Å². The molecule has 3 unspecified atom stereocenters. The van der Waals surface area contributed by atoms with Gasteiger partial charge in [-0.1, -0.05) is 13.8 Å². The second-order valence-electron chi connectivity index (χ2n) is 7.15. The summed E-state index contributed by atoms with van der Waals surface area (Å²) in [6.07, 6.45) is 2.63. The normalized spacial score (nSPS) is 29.8. The topological polar surface area (TPSA) is 42.9 Å². The lowest BCUT2D eigenvalue weighted by molar-refractivity contribution is 0.264. The number of nitrogens with one attached hydrogen (secondary N) is 2. The fraction of sp³-hybridized carbons (Fsp3) is 0.941. The van der Waals surface area contributed by atoms with E-state index in [1.54, 1.807) is 0 Å². The first-order chi connectivity index (χ1) is 10.5. The number of likely N-dealkylation sites (tertiary alicyclic amines) is 2. The van der Waals surface area contributed by atoms with Crippen LogP contribution in [0.3, 0.4) is 0 Å². The molecule has 0 radical (unpaired) electrons. The summed E-state index contributed by atoms with van der Waals surface area (Å²) in [4.78, 5) is 9.54. The van der Waals surface area contributed by atoms with E-state index >= 15 is 0 Å². The van der Waals surface area contributed by atoms with Crippen molar-refractivity contribution in [2.75, 3.05) is 39.8 Å². The number of nitrogens with zero attached hydrogens (tertiary/aromatic N) is 3. The molecular formula is C17H36IN5. The average Bonchev–Trinajstić information content (AvgIpc) is 3.10. The highest BCUT2D eigenvalue weighted by atomic mass is 127. The number of rotatable bonds is 5. The molecule has 2 N–H and O–H groups in total. The van der Waals surface area contributed by atoms with Crippen LogP contribution in [0.4, 0.5) is 0 Å². The van der Waals surface area contributed by atoms with E-state index in [9.17, 15) is 0 Å². The van der Waals surface area contributed by atoms with Crippen LogP contribution in [0.2, 0.25) is 0 Å². The lowest BCUT2D eigenvalue weighted by Gasteiger charge is -2.26. The zero-order valence-electron chi connectivity index (χ0n) is 15.5. The van der Waals surface area contributed by atoms with Crippen molar-refractivity contribution in [3.8, 4) is 0 Å². The zero-order chi connectivity index (χ0) is 16.1. The molecule has 0 aromatic carbocycles. The highest BCUT2D eigenvalue weighted by Gasteiger charge is 2.31. The molecule has 23 heavy (non-hydrogen) atoms. The maximum atomic E-state index is 4.43. The van der Waals surface area contributed by atoms with Gasteiger partial charge in [0.05, 0.1) is 0 Å². The van der Waals surface area contributed by atoms with Crippen molar-refractivity contribution in [3.63, 3.8) is 0 Å². The molecule has 5 nitrogen and oxygen atoms in total. The number of hydrogen-bond donors (Lipinski definition) is 2. The summed E-state index contributed by atoms with van der Waals surface area (Å²) in [5.41, 5.74) is 0. The van der Waals surface area contributed by atoms with Crippen molar-refractivity contribution in [1.82, 2.24) is 20.4 Å². The van der Waals surface area contributed by atoms with Crippen LogP contribution < -0.4 is 10.6 Å². The highest BCUT2D eigenvalue weighted by Crippen LogP contribution is 2.19. The van der Waals surface area contributed by atoms with Crippen LogP contribution in [-0.2, 0) is 0 Å². The second-order valence-corrected chi connectivity index (χ2v) is 7.15. The lowest BCUT2D eigenvalue weighted by atomic mass is 10.1. The number of aliphatic imine (C=N–C) groups is 1. The minimum absolute atomic E-state index is 0. The largest absolute Gasteiger partial charge is 0.355 e. The van der Waals surface area contributed by atoms with Gasteiger partial charge >= 0.3 is 0 Å². The van der Waals surface area contributed by atoms with Crippen molar-refractivity contribution in [2.24, 2.45) is 10.9 Å². The predicted molar refractivity (Wildman–Crippen MR) is 110 cm³/mol.